The highest BCUT2D eigenvalue weighted by Crippen LogP contribution is 2.32. The predicted molar refractivity (Wildman–Crippen MR) is 137 cm³/mol. The number of aromatic nitrogens is 4. The molecule has 3 heterocycles. The van der Waals surface area contributed by atoms with Gasteiger partial charge >= 0.3 is 0 Å². The van der Waals surface area contributed by atoms with Crippen LogP contribution in [0.15, 0.2) is 48.9 Å². The quantitative estimate of drug-likeness (QED) is 0.407. The topological polar surface area (TPSA) is 77.3 Å². The van der Waals surface area contributed by atoms with E-state index in [0.717, 1.165) is 59.6 Å². The third kappa shape index (κ3) is 4.91. The Morgan fingerprint density at radius 2 is 2.06 bits per heavy atom. The Balaban J connectivity index is 1.48. The molecule has 178 valence electrons. The highest BCUT2D eigenvalue weighted by Gasteiger charge is 2.23. The van der Waals surface area contributed by atoms with Crippen molar-refractivity contribution in [1.82, 2.24) is 24.6 Å². The van der Waals surface area contributed by atoms with E-state index in [2.05, 4.69) is 39.2 Å². The van der Waals surface area contributed by atoms with Gasteiger partial charge < -0.3 is 14.8 Å². The van der Waals surface area contributed by atoms with E-state index in [0.29, 0.717) is 17.2 Å². The number of nitrogens with zero attached hydrogens (tertiary/aromatic N) is 5. The van der Waals surface area contributed by atoms with Gasteiger partial charge in [0.25, 0.3) is 0 Å². The summed E-state index contributed by atoms with van der Waals surface area (Å²) in [5.41, 5.74) is 4.24. The van der Waals surface area contributed by atoms with Crippen LogP contribution in [0.25, 0.3) is 22.0 Å². The zero-order chi connectivity index (χ0) is 24.4. The fourth-order valence-electron chi connectivity index (χ4n) is 4.39. The molecule has 8 nitrogen and oxygen atoms in total. The zero-order valence-corrected chi connectivity index (χ0v) is 20.2. The van der Waals surface area contributed by atoms with Gasteiger partial charge in [0.15, 0.2) is 0 Å². The summed E-state index contributed by atoms with van der Waals surface area (Å²) in [6.45, 7) is 5.21. The molecule has 35 heavy (non-hydrogen) atoms. The van der Waals surface area contributed by atoms with Gasteiger partial charge in [-0.15, -0.1) is 6.42 Å². The smallest absolute Gasteiger partial charge is 0.227 e. The summed E-state index contributed by atoms with van der Waals surface area (Å²) in [4.78, 5) is 11.6. The lowest BCUT2D eigenvalue weighted by Gasteiger charge is -2.17. The van der Waals surface area contributed by atoms with Crippen LogP contribution in [-0.2, 0) is 7.05 Å². The van der Waals surface area contributed by atoms with Crippen LogP contribution in [0.5, 0.6) is 11.5 Å². The lowest BCUT2D eigenvalue weighted by Crippen LogP contribution is -2.24. The minimum Gasteiger partial charge on any atom is -0.494 e. The normalized spacial score (nSPS) is 15.8. The fraction of sp³-hybridized carbons (Fsp3) is 0.296. The van der Waals surface area contributed by atoms with Gasteiger partial charge in [-0.05, 0) is 42.8 Å². The second kappa shape index (κ2) is 9.65. The van der Waals surface area contributed by atoms with E-state index in [9.17, 15) is 0 Å². The van der Waals surface area contributed by atoms with Gasteiger partial charge in [0.2, 0.25) is 5.95 Å². The van der Waals surface area contributed by atoms with E-state index in [1.54, 1.807) is 24.1 Å². The maximum absolute atomic E-state index is 6.40. The minimum absolute atomic E-state index is 0.165. The molecule has 0 radical (unpaired) electrons. The number of rotatable bonds is 7. The lowest BCUT2D eigenvalue weighted by molar-refractivity contribution is 0.202. The highest BCUT2D eigenvalue weighted by molar-refractivity contribution is 5.86. The van der Waals surface area contributed by atoms with Crippen molar-refractivity contribution in [2.24, 2.45) is 7.05 Å². The van der Waals surface area contributed by atoms with Crippen LogP contribution in [0.1, 0.15) is 18.9 Å². The summed E-state index contributed by atoms with van der Waals surface area (Å²) in [6.07, 6.45) is 12.3. The van der Waals surface area contributed by atoms with Crippen LogP contribution in [-0.4, -0.2) is 57.5 Å². The van der Waals surface area contributed by atoms with Gasteiger partial charge in [-0.25, -0.2) is 9.97 Å². The third-order valence-electron chi connectivity index (χ3n) is 6.21. The van der Waals surface area contributed by atoms with Crippen molar-refractivity contribution in [3.05, 3.63) is 54.5 Å². The van der Waals surface area contributed by atoms with Gasteiger partial charge in [0, 0.05) is 60.8 Å². The Morgan fingerprint density at radius 3 is 2.77 bits per heavy atom. The summed E-state index contributed by atoms with van der Waals surface area (Å²) in [7, 11) is 3.51. The molecule has 0 amide bonds. The fourth-order valence-corrected chi connectivity index (χ4v) is 4.39. The SMILES string of the molecule is C#Cc1cc(OC)c2nc(Nc3cc(O[C@@H]4CCN(CC)C4)cc(-c4cnn(C)c4)c3)ncc2c1. The summed E-state index contributed by atoms with van der Waals surface area (Å²) in [5, 5.41) is 8.48. The number of likely N-dealkylation sites (tertiary alicyclic amines) is 1. The molecule has 0 unspecified atom stereocenters. The van der Waals surface area contributed by atoms with Crippen molar-refractivity contribution in [2.75, 3.05) is 32.1 Å². The Kier molecular flexibility index (Phi) is 6.25. The Bertz CT molecular complexity index is 1410. The van der Waals surface area contributed by atoms with Crippen LogP contribution in [0, 0.1) is 12.3 Å². The summed E-state index contributed by atoms with van der Waals surface area (Å²) in [6, 6.07) is 9.76. The molecule has 1 atom stereocenters. The number of hydrogen-bond donors (Lipinski definition) is 1. The number of terminal acetylenes is 1. The molecule has 0 aliphatic carbocycles. The molecule has 1 aliphatic rings. The maximum Gasteiger partial charge on any atom is 0.227 e. The van der Waals surface area contributed by atoms with Crippen molar-refractivity contribution < 1.29 is 9.47 Å². The van der Waals surface area contributed by atoms with Gasteiger partial charge in [-0.3, -0.25) is 9.58 Å². The molecule has 0 saturated carbocycles. The number of anilines is 2. The molecule has 5 rings (SSSR count). The molecule has 2 aromatic carbocycles. The molecular formula is C27H28N6O2. The van der Waals surface area contributed by atoms with E-state index >= 15 is 0 Å². The second-order valence-electron chi connectivity index (χ2n) is 8.65. The number of nitrogens with one attached hydrogen (secondary N) is 1. The minimum atomic E-state index is 0.165. The van der Waals surface area contributed by atoms with Gasteiger partial charge in [0.05, 0.1) is 13.3 Å². The number of benzene rings is 2. The first kappa shape index (κ1) is 22.7. The lowest BCUT2D eigenvalue weighted by atomic mass is 10.1. The standard InChI is InChI=1S/C27H28N6O2/c1-5-18-9-20-14-28-27(31-26(20)25(10-18)34-4)30-22-11-19(21-15-29-32(3)16-21)12-24(13-22)35-23-7-8-33(6-2)17-23/h1,9-16,23H,6-8,17H2,2-4H3,(H,28,30,31)/t23-/m1/s1. The number of likely N-dealkylation sites (N-methyl/N-ethyl adjacent to an activating group) is 1. The highest BCUT2D eigenvalue weighted by atomic mass is 16.5. The molecule has 2 aromatic heterocycles. The van der Waals surface area contributed by atoms with E-state index in [4.69, 9.17) is 20.9 Å². The molecular weight excluding hydrogens is 440 g/mol. The van der Waals surface area contributed by atoms with E-state index in [1.165, 1.54) is 0 Å². The summed E-state index contributed by atoms with van der Waals surface area (Å²) >= 11 is 0. The van der Waals surface area contributed by atoms with Crippen LogP contribution in [0.2, 0.25) is 0 Å². The number of hydrogen-bond acceptors (Lipinski definition) is 7. The largest absolute Gasteiger partial charge is 0.494 e. The van der Waals surface area contributed by atoms with Gasteiger partial charge in [0.1, 0.15) is 23.1 Å². The van der Waals surface area contributed by atoms with Crippen molar-refractivity contribution >= 4 is 22.5 Å². The van der Waals surface area contributed by atoms with Crippen LogP contribution in [0.3, 0.4) is 0 Å². The van der Waals surface area contributed by atoms with Crippen molar-refractivity contribution in [1.29, 1.82) is 0 Å². The third-order valence-corrected chi connectivity index (χ3v) is 6.21. The predicted octanol–water partition coefficient (Wildman–Crippen LogP) is 4.24. The van der Waals surface area contributed by atoms with Crippen LogP contribution >= 0.6 is 0 Å². The second-order valence-corrected chi connectivity index (χ2v) is 8.65. The molecule has 4 aromatic rings. The van der Waals surface area contributed by atoms with E-state index in [1.807, 2.05) is 37.6 Å². The van der Waals surface area contributed by atoms with Crippen molar-refractivity contribution in [3.8, 4) is 35.0 Å². The molecule has 1 fully saturated rings. The van der Waals surface area contributed by atoms with Crippen molar-refractivity contribution in [2.45, 2.75) is 19.4 Å². The monoisotopic (exact) mass is 468 g/mol. The van der Waals surface area contributed by atoms with E-state index < -0.39 is 0 Å². The molecule has 1 N–H and O–H groups in total. The van der Waals surface area contributed by atoms with Crippen LogP contribution < -0.4 is 14.8 Å². The van der Waals surface area contributed by atoms with Gasteiger partial charge in [-0.2, -0.15) is 5.10 Å². The average molecular weight is 469 g/mol. The van der Waals surface area contributed by atoms with Crippen molar-refractivity contribution in [3.63, 3.8) is 0 Å². The Morgan fingerprint density at radius 1 is 1.17 bits per heavy atom. The summed E-state index contributed by atoms with van der Waals surface area (Å²) in [5.74, 6) is 4.50. The Hall–Kier alpha value is -4.09. The molecule has 8 heteroatoms. The first-order valence-electron chi connectivity index (χ1n) is 11.7. The first-order chi connectivity index (χ1) is 17.0. The zero-order valence-electron chi connectivity index (χ0n) is 20.2. The molecule has 0 spiro atoms. The Labute approximate surface area is 204 Å². The summed E-state index contributed by atoms with van der Waals surface area (Å²) < 4.78 is 13.7. The number of ether oxygens (including phenoxy) is 2. The number of aryl methyl sites for hydroxylation is 1. The molecule has 1 saturated heterocycles. The van der Waals surface area contributed by atoms with Gasteiger partial charge in [-0.1, -0.05) is 12.8 Å². The first-order valence-corrected chi connectivity index (χ1v) is 11.7. The number of fused-ring (bicyclic) bond motifs is 1. The maximum atomic E-state index is 6.40. The molecule has 0 bridgehead atoms. The van der Waals surface area contributed by atoms with E-state index in [-0.39, 0.29) is 6.10 Å². The average Bonchev–Trinajstić information content (AvgIpc) is 3.52. The molecule has 1 aliphatic heterocycles. The number of methoxy groups -OCH3 is 1. The van der Waals surface area contributed by atoms with Crippen LogP contribution in [0.4, 0.5) is 11.6 Å².